The van der Waals surface area contributed by atoms with Gasteiger partial charge in [0.05, 0.1) is 40.6 Å². The Kier molecular flexibility index (Phi) is 8.65. The summed E-state index contributed by atoms with van der Waals surface area (Å²) in [6, 6.07) is 13.4. The van der Waals surface area contributed by atoms with Crippen LogP contribution in [0, 0.1) is 0 Å². The Morgan fingerprint density at radius 3 is 2.45 bits per heavy atom. The Balaban J connectivity index is 1.88. The van der Waals surface area contributed by atoms with E-state index in [0.717, 1.165) is 5.56 Å². The van der Waals surface area contributed by atoms with Crippen molar-refractivity contribution in [3.63, 3.8) is 0 Å². The van der Waals surface area contributed by atoms with Gasteiger partial charge in [-0.3, -0.25) is 4.79 Å². The van der Waals surface area contributed by atoms with Crippen molar-refractivity contribution in [3.8, 4) is 11.3 Å². The lowest BCUT2D eigenvalue weighted by Crippen LogP contribution is -2.66. The molecule has 0 radical (unpaired) electrons. The Morgan fingerprint density at radius 2 is 1.79 bits per heavy atom. The zero-order valence-electron chi connectivity index (χ0n) is 21.5. The highest BCUT2D eigenvalue weighted by Gasteiger charge is 2.58. The quantitative estimate of drug-likeness (QED) is 0.309. The topological polar surface area (TPSA) is 89.5 Å². The van der Waals surface area contributed by atoms with Gasteiger partial charge >= 0.3 is 11.9 Å². The summed E-state index contributed by atoms with van der Waals surface area (Å²) in [5, 5.41) is 10.0. The molecule has 0 saturated heterocycles. The van der Waals surface area contributed by atoms with Crippen molar-refractivity contribution < 1.29 is 19.1 Å². The summed E-state index contributed by atoms with van der Waals surface area (Å²) in [5.41, 5.74) is 1.79. The average molecular weight is 575 g/mol. The number of benzene rings is 2. The van der Waals surface area contributed by atoms with Crippen LogP contribution >= 0.6 is 34.5 Å². The van der Waals surface area contributed by atoms with Crippen molar-refractivity contribution in [2.75, 3.05) is 18.5 Å². The molecule has 3 aromatic rings. The van der Waals surface area contributed by atoms with Gasteiger partial charge in [0.25, 0.3) is 0 Å². The fraction of sp³-hybridized carbons (Fsp3) is 0.321. The van der Waals surface area contributed by atoms with Crippen LogP contribution in [0.15, 0.2) is 65.2 Å². The van der Waals surface area contributed by atoms with E-state index >= 15 is 0 Å². The minimum absolute atomic E-state index is 0.184. The van der Waals surface area contributed by atoms with E-state index in [2.05, 4.69) is 10.6 Å². The minimum atomic E-state index is -1.31. The predicted octanol–water partition coefficient (Wildman–Crippen LogP) is 6.23. The van der Waals surface area contributed by atoms with Crippen molar-refractivity contribution in [2.45, 2.75) is 45.2 Å². The van der Waals surface area contributed by atoms with Gasteiger partial charge in [-0.05, 0) is 45.4 Å². The van der Waals surface area contributed by atoms with Gasteiger partial charge < -0.3 is 20.1 Å². The van der Waals surface area contributed by atoms with Crippen molar-refractivity contribution in [3.05, 3.63) is 80.8 Å². The molecule has 3 unspecified atom stereocenters. The molecular weight excluding hydrogens is 545 g/mol. The number of esters is 2. The normalized spacial score (nSPS) is 21.0. The summed E-state index contributed by atoms with van der Waals surface area (Å²) >= 11 is 13.7. The number of hydrogen-bond acceptors (Lipinski definition) is 8. The average Bonchev–Trinajstić information content (AvgIpc) is 3.35. The number of thiazole rings is 1. The number of nitrogens with zero attached hydrogens (tertiary/aromatic N) is 1. The Labute approximate surface area is 236 Å². The van der Waals surface area contributed by atoms with Crippen LogP contribution < -0.4 is 10.6 Å². The molecule has 4 rings (SSSR count). The third kappa shape index (κ3) is 5.13. The fourth-order valence-electron chi connectivity index (χ4n) is 4.92. The van der Waals surface area contributed by atoms with Gasteiger partial charge in [0.1, 0.15) is 5.41 Å². The highest BCUT2D eigenvalue weighted by Crippen LogP contribution is 2.43. The van der Waals surface area contributed by atoms with Crippen LogP contribution in [0.25, 0.3) is 11.3 Å². The van der Waals surface area contributed by atoms with Gasteiger partial charge in [-0.1, -0.05) is 59.6 Å². The molecule has 0 bridgehead atoms. The number of allylic oxidation sites excluding steroid dienone is 1. The first-order chi connectivity index (χ1) is 18.2. The van der Waals surface area contributed by atoms with E-state index < -0.39 is 29.4 Å². The van der Waals surface area contributed by atoms with Crippen LogP contribution in [0.5, 0.6) is 0 Å². The SMILES string of the molecule is CCOC(=O)C1=C(C)NC(C)C(C(=O)OCC)(c2ccccc2)C1Nc1nc(-c2ccc(Cl)c(Cl)c2)cs1. The van der Waals surface area contributed by atoms with Crippen molar-refractivity contribution in [2.24, 2.45) is 0 Å². The fourth-order valence-corrected chi connectivity index (χ4v) is 5.97. The summed E-state index contributed by atoms with van der Waals surface area (Å²) < 4.78 is 11.1. The molecule has 1 aliphatic heterocycles. The van der Waals surface area contributed by atoms with Crippen molar-refractivity contribution in [1.29, 1.82) is 0 Å². The first-order valence-electron chi connectivity index (χ1n) is 12.3. The summed E-state index contributed by atoms with van der Waals surface area (Å²) in [5.74, 6) is -0.980. The molecule has 38 heavy (non-hydrogen) atoms. The van der Waals surface area contributed by atoms with E-state index in [9.17, 15) is 9.59 Å². The number of ether oxygens (including phenoxy) is 2. The first kappa shape index (κ1) is 28.0. The molecule has 0 fully saturated rings. The van der Waals surface area contributed by atoms with E-state index in [-0.39, 0.29) is 13.2 Å². The third-order valence-electron chi connectivity index (χ3n) is 6.61. The summed E-state index contributed by atoms with van der Waals surface area (Å²) in [4.78, 5) is 32.1. The zero-order chi connectivity index (χ0) is 27.4. The van der Waals surface area contributed by atoms with Gasteiger partial charge in [-0.2, -0.15) is 0 Å². The predicted molar refractivity (Wildman–Crippen MR) is 152 cm³/mol. The maximum absolute atomic E-state index is 13.9. The lowest BCUT2D eigenvalue weighted by molar-refractivity contribution is -0.152. The van der Waals surface area contributed by atoms with Crippen molar-refractivity contribution >= 4 is 51.6 Å². The number of nitrogens with one attached hydrogen (secondary N) is 2. The van der Waals surface area contributed by atoms with Crippen LogP contribution in [0.3, 0.4) is 0 Å². The second-order valence-electron chi connectivity index (χ2n) is 8.82. The molecule has 0 saturated carbocycles. The molecule has 0 spiro atoms. The largest absolute Gasteiger partial charge is 0.465 e. The molecule has 0 aliphatic carbocycles. The molecular formula is C28H29Cl2N3O4S. The van der Waals surface area contributed by atoms with E-state index in [4.69, 9.17) is 37.7 Å². The maximum Gasteiger partial charge on any atom is 0.337 e. The monoisotopic (exact) mass is 573 g/mol. The number of hydrogen-bond donors (Lipinski definition) is 2. The zero-order valence-corrected chi connectivity index (χ0v) is 23.8. The van der Waals surface area contributed by atoms with Crippen LogP contribution in [0.4, 0.5) is 5.13 Å². The molecule has 3 atom stereocenters. The summed E-state index contributed by atoms with van der Waals surface area (Å²) in [7, 11) is 0. The molecule has 2 aromatic carbocycles. The van der Waals surface area contributed by atoms with E-state index in [1.165, 1.54) is 11.3 Å². The van der Waals surface area contributed by atoms with Gasteiger partial charge in [-0.15, -0.1) is 11.3 Å². The lowest BCUT2D eigenvalue weighted by atomic mass is 9.64. The molecule has 0 amide bonds. The molecule has 1 aliphatic rings. The smallest absolute Gasteiger partial charge is 0.337 e. The van der Waals surface area contributed by atoms with Crippen LogP contribution in [-0.2, 0) is 24.5 Å². The Bertz CT molecular complexity index is 1360. The van der Waals surface area contributed by atoms with Gasteiger partial charge in [-0.25, -0.2) is 9.78 Å². The van der Waals surface area contributed by atoms with Gasteiger partial charge in [0, 0.05) is 22.7 Å². The number of aromatic nitrogens is 1. The minimum Gasteiger partial charge on any atom is -0.465 e. The summed E-state index contributed by atoms with van der Waals surface area (Å²) in [6.45, 7) is 7.60. The third-order valence-corrected chi connectivity index (χ3v) is 8.12. The van der Waals surface area contributed by atoms with Crippen LogP contribution in [0.1, 0.15) is 33.3 Å². The molecule has 200 valence electrons. The number of halogens is 2. The van der Waals surface area contributed by atoms with Gasteiger partial charge in [0.2, 0.25) is 0 Å². The van der Waals surface area contributed by atoms with Crippen molar-refractivity contribution in [1.82, 2.24) is 10.3 Å². The second-order valence-corrected chi connectivity index (χ2v) is 10.5. The number of carbonyl (C=O) groups is 2. The maximum atomic E-state index is 13.9. The highest BCUT2D eigenvalue weighted by atomic mass is 35.5. The Morgan fingerprint density at radius 1 is 1.08 bits per heavy atom. The highest BCUT2D eigenvalue weighted by molar-refractivity contribution is 7.14. The molecule has 2 N–H and O–H groups in total. The van der Waals surface area contributed by atoms with E-state index in [1.54, 1.807) is 32.9 Å². The standard InChI is InChI=1S/C28H29Cl2N3O4S/c1-5-36-25(34)23-16(3)31-17(4)28(26(35)37-6-2,19-10-8-7-9-11-19)24(23)33-27-32-22(15-38-27)18-12-13-20(29)21(30)14-18/h7-15,17,24,31H,5-6H2,1-4H3,(H,32,33). The van der Waals surface area contributed by atoms with Crippen LogP contribution in [0.2, 0.25) is 10.0 Å². The number of anilines is 1. The van der Waals surface area contributed by atoms with Gasteiger partial charge in [0.15, 0.2) is 5.13 Å². The first-order valence-corrected chi connectivity index (χ1v) is 13.9. The number of carbonyl (C=O) groups excluding carboxylic acids is 2. The Hall–Kier alpha value is -3.07. The van der Waals surface area contributed by atoms with Crippen LogP contribution in [-0.4, -0.2) is 42.2 Å². The van der Waals surface area contributed by atoms with E-state index in [0.29, 0.717) is 37.7 Å². The summed E-state index contributed by atoms with van der Waals surface area (Å²) in [6.07, 6.45) is 0. The molecule has 1 aromatic heterocycles. The lowest BCUT2D eigenvalue weighted by Gasteiger charge is -2.48. The molecule has 10 heteroatoms. The second kappa shape index (κ2) is 11.8. The number of rotatable bonds is 8. The van der Waals surface area contributed by atoms with E-state index in [1.807, 2.05) is 48.7 Å². The molecule has 7 nitrogen and oxygen atoms in total. The molecule has 2 heterocycles.